The van der Waals surface area contributed by atoms with Gasteiger partial charge in [-0.15, -0.1) is 0 Å². The van der Waals surface area contributed by atoms with Crippen LogP contribution in [0.25, 0.3) is 0 Å². The third-order valence-electron chi connectivity index (χ3n) is 2.14. The Bertz CT molecular complexity index is 479. The second-order valence-corrected chi connectivity index (χ2v) is 6.90. The van der Waals surface area contributed by atoms with E-state index in [0.29, 0.717) is 5.69 Å². The van der Waals surface area contributed by atoms with Crippen LogP contribution in [0.4, 0.5) is 0 Å². The summed E-state index contributed by atoms with van der Waals surface area (Å²) in [4.78, 5) is 0. The molecule has 0 aliphatic heterocycles. The highest BCUT2D eigenvalue weighted by molar-refractivity contribution is 9.10. The van der Waals surface area contributed by atoms with Gasteiger partial charge in [0.1, 0.15) is 0 Å². The quantitative estimate of drug-likeness (QED) is 0.890. The lowest BCUT2D eigenvalue weighted by molar-refractivity contribution is 0.585. The highest BCUT2D eigenvalue weighted by Crippen LogP contribution is 2.22. The van der Waals surface area contributed by atoms with Gasteiger partial charge in [0.2, 0.25) is 0 Å². The van der Waals surface area contributed by atoms with E-state index in [2.05, 4.69) is 21.0 Å². The van der Waals surface area contributed by atoms with Gasteiger partial charge in [-0.2, -0.15) is 5.10 Å². The minimum absolute atomic E-state index is 0.0103. The zero-order valence-electron chi connectivity index (χ0n) is 9.57. The first-order valence-electron chi connectivity index (χ1n) is 4.87. The van der Waals surface area contributed by atoms with Crippen LogP contribution in [0.3, 0.4) is 0 Å². The third-order valence-corrected chi connectivity index (χ3v) is 4.91. The predicted molar refractivity (Wildman–Crippen MR) is 66.8 cm³/mol. The smallest absolute Gasteiger partial charge is 0.157 e. The minimum Gasteiger partial charge on any atom is -0.327 e. The first-order chi connectivity index (χ1) is 7.23. The molecule has 1 unspecified atom stereocenters. The Hall–Kier alpha value is -0.400. The van der Waals surface area contributed by atoms with E-state index in [0.717, 1.165) is 10.2 Å². The van der Waals surface area contributed by atoms with Gasteiger partial charge in [0.05, 0.1) is 27.4 Å². The maximum absolute atomic E-state index is 11.8. The summed E-state index contributed by atoms with van der Waals surface area (Å²) in [5, 5.41) is 4.15. The molecule has 0 spiro atoms. The molecule has 7 heteroatoms. The zero-order chi connectivity index (χ0) is 12.5. The van der Waals surface area contributed by atoms with Crippen molar-refractivity contribution in [2.45, 2.75) is 25.6 Å². The fourth-order valence-electron chi connectivity index (χ4n) is 1.50. The Kier molecular flexibility index (Phi) is 4.14. The molecule has 1 atom stereocenters. The highest BCUT2D eigenvalue weighted by Gasteiger charge is 2.20. The molecule has 0 radical (unpaired) electrons. The molecule has 2 N–H and O–H groups in total. The van der Waals surface area contributed by atoms with E-state index in [9.17, 15) is 8.42 Å². The van der Waals surface area contributed by atoms with Crippen molar-refractivity contribution in [3.63, 3.8) is 0 Å². The maximum Gasteiger partial charge on any atom is 0.157 e. The van der Waals surface area contributed by atoms with Gasteiger partial charge in [0, 0.05) is 13.1 Å². The van der Waals surface area contributed by atoms with Crippen LogP contribution >= 0.6 is 15.9 Å². The molecule has 1 aromatic rings. The molecule has 1 heterocycles. The van der Waals surface area contributed by atoms with E-state index >= 15 is 0 Å². The zero-order valence-corrected chi connectivity index (χ0v) is 12.0. The topological polar surface area (TPSA) is 78.0 Å². The van der Waals surface area contributed by atoms with Gasteiger partial charge in [0.25, 0.3) is 0 Å². The molecule has 1 rings (SSSR count). The van der Waals surface area contributed by atoms with Crippen molar-refractivity contribution < 1.29 is 8.42 Å². The molecule has 16 heavy (non-hydrogen) atoms. The third kappa shape index (κ3) is 3.29. The van der Waals surface area contributed by atoms with Crippen LogP contribution in [0.5, 0.6) is 0 Å². The molecule has 92 valence electrons. The molecule has 0 amide bonds. The normalized spacial score (nSPS) is 14.1. The molecular formula is C9H16BrN3O2S. The second-order valence-electron chi connectivity index (χ2n) is 4.00. The van der Waals surface area contributed by atoms with Crippen LogP contribution in [0.15, 0.2) is 4.47 Å². The van der Waals surface area contributed by atoms with E-state index in [1.54, 1.807) is 18.7 Å². The standard InChI is InChI=1S/C9H16BrN3O2S/c1-6(11)4-16(14,15)5-8-9(10)7(2)12-13(8)3/h6H,4-5,11H2,1-3H3. The number of hydrogen-bond acceptors (Lipinski definition) is 4. The molecule has 0 aliphatic carbocycles. The Morgan fingerprint density at radius 1 is 1.56 bits per heavy atom. The maximum atomic E-state index is 11.8. The van der Waals surface area contributed by atoms with Crippen molar-refractivity contribution in [3.05, 3.63) is 15.9 Å². The average molecular weight is 310 g/mol. The Morgan fingerprint density at radius 2 is 2.12 bits per heavy atom. The fourth-order valence-corrected chi connectivity index (χ4v) is 3.83. The molecule has 0 saturated heterocycles. The second kappa shape index (κ2) is 4.85. The molecule has 0 aromatic carbocycles. The summed E-state index contributed by atoms with van der Waals surface area (Å²) in [6, 6.07) is -0.349. The van der Waals surface area contributed by atoms with Crippen molar-refractivity contribution >= 4 is 25.8 Å². The number of sulfone groups is 1. The monoisotopic (exact) mass is 309 g/mol. The lowest BCUT2D eigenvalue weighted by atomic mass is 10.4. The van der Waals surface area contributed by atoms with Gasteiger partial charge < -0.3 is 5.73 Å². The van der Waals surface area contributed by atoms with Crippen molar-refractivity contribution in [1.29, 1.82) is 0 Å². The molecule has 0 aliphatic rings. The van der Waals surface area contributed by atoms with Gasteiger partial charge >= 0.3 is 0 Å². The van der Waals surface area contributed by atoms with E-state index in [1.807, 2.05) is 6.92 Å². The van der Waals surface area contributed by atoms with Crippen LogP contribution in [-0.4, -0.2) is 30.0 Å². The lowest BCUT2D eigenvalue weighted by Gasteiger charge is -2.07. The van der Waals surface area contributed by atoms with E-state index in [1.165, 1.54) is 0 Å². The Labute approximate surface area is 104 Å². The summed E-state index contributed by atoms with van der Waals surface area (Å²) < 4.78 is 25.9. The minimum atomic E-state index is -3.18. The van der Waals surface area contributed by atoms with Crippen LogP contribution < -0.4 is 5.73 Å². The summed E-state index contributed by atoms with van der Waals surface area (Å²) in [6.07, 6.45) is 0. The highest BCUT2D eigenvalue weighted by atomic mass is 79.9. The fraction of sp³-hybridized carbons (Fsp3) is 0.667. The van der Waals surface area contributed by atoms with Gasteiger partial charge in [-0.1, -0.05) is 0 Å². The van der Waals surface area contributed by atoms with Crippen molar-refractivity contribution in [2.24, 2.45) is 12.8 Å². The molecule has 5 nitrogen and oxygen atoms in total. The van der Waals surface area contributed by atoms with Crippen LogP contribution in [0.1, 0.15) is 18.3 Å². The lowest BCUT2D eigenvalue weighted by Crippen LogP contribution is -2.27. The largest absolute Gasteiger partial charge is 0.327 e. The van der Waals surface area contributed by atoms with E-state index < -0.39 is 9.84 Å². The van der Waals surface area contributed by atoms with Gasteiger partial charge in [0.15, 0.2) is 9.84 Å². The number of halogens is 1. The number of hydrogen-bond donors (Lipinski definition) is 1. The summed E-state index contributed by atoms with van der Waals surface area (Å²) in [5.41, 5.74) is 6.95. The first kappa shape index (κ1) is 13.7. The van der Waals surface area contributed by atoms with Gasteiger partial charge in [-0.05, 0) is 29.8 Å². The number of nitrogens with zero attached hydrogens (tertiary/aromatic N) is 2. The molecule has 0 fully saturated rings. The Balaban J connectivity index is 2.97. The number of rotatable bonds is 4. The summed E-state index contributed by atoms with van der Waals surface area (Å²) in [7, 11) is -1.45. The van der Waals surface area contributed by atoms with Crippen molar-refractivity contribution in [1.82, 2.24) is 9.78 Å². The molecular weight excluding hydrogens is 294 g/mol. The first-order valence-corrected chi connectivity index (χ1v) is 7.48. The van der Waals surface area contributed by atoms with Gasteiger partial charge in [-0.3, -0.25) is 4.68 Å². The average Bonchev–Trinajstić information content (AvgIpc) is 2.29. The van der Waals surface area contributed by atoms with Crippen molar-refractivity contribution in [3.8, 4) is 0 Å². The summed E-state index contributed by atoms with van der Waals surface area (Å²) in [5.74, 6) is -0.0455. The van der Waals surface area contributed by atoms with E-state index in [-0.39, 0.29) is 17.5 Å². The Morgan fingerprint density at radius 3 is 2.50 bits per heavy atom. The summed E-state index contributed by atoms with van der Waals surface area (Å²) in [6.45, 7) is 3.51. The van der Waals surface area contributed by atoms with Crippen molar-refractivity contribution in [2.75, 3.05) is 5.75 Å². The molecule has 0 bridgehead atoms. The molecule has 1 aromatic heterocycles. The molecule has 0 saturated carbocycles. The van der Waals surface area contributed by atoms with Crippen LogP contribution in [0.2, 0.25) is 0 Å². The van der Waals surface area contributed by atoms with E-state index in [4.69, 9.17) is 5.73 Å². The SMILES string of the molecule is Cc1nn(C)c(CS(=O)(=O)CC(C)N)c1Br. The number of aromatic nitrogens is 2. The number of aryl methyl sites for hydroxylation is 2. The van der Waals surface area contributed by atoms with Crippen LogP contribution in [0, 0.1) is 6.92 Å². The summed E-state index contributed by atoms with van der Waals surface area (Å²) >= 11 is 3.34. The predicted octanol–water partition coefficient (Wildman–Crippen LogP) is 0.753. The number of nitrogens with two attached hydrogens (primary N) is 1. The van der Waals surface area contributed by atoms with Gasteiger partial charge in [-0.25, -0.2) is 8.42 Å². The van der Waals surface area contributed by atoms with Crippen LogP contribution in [-0.2, 0) is 22.6 Å².